The summed E-state index contributed by atoms with van der Waals surface area (Å²) in [5.74, 6) is -0.0502. The van der Waals surface area contributed by atoms with Crippen LogP contribution in [0.25, 0.3) is 0 Å². The van der Waals surface area contributed by atoms with E-state index in [1.165, 1.54) is 11.8 Å². The lowest BCUT2D eigenvalue weighted by molar-refractivity contribution is -0.126. The van der Waals surface area contributed by atoms with Crippen LogP contribution in [0.3, 0.4) is 0 Å². The molecule has 150 valence electrons. The van der Waals surface area contributed by atoms with Crippen LogP contribution in [-0.2, 0) is 14.3 Å². The van der Waals surface area contributed by atoms with E-state index in [4.69, 9.17) is 40.2 Å². The number of thiocarbonyl (C=S) groups is 1. The van der Waals surface area contributed by atoms with E-state index in [9.17, 15) is 9.59 Å². The van der Waals surface area contributed by atoms with E-state index < -0.39 is 5.41 Å². The van der Waals surface area contributed by atoms with Gasteiger partial charge >= 0.3 is 0 Å². The van der Waals surface area contributed by atoms with Crippen LogP contribution in [0.5, 0.6) is 0 Å². The molecule has 8 heteroatoms. The molecule has 27 heavy (non-hydrogen) atoms. The highest BCUT2D eigenvalue weighted by molar-refractivity contribution is 8.23. The number of hydrogen-bond donors (Lipinski definition) is 1. The van der Waals surface area contributed by atoms with Crippen LogP contribution in [-0.4, -0.2) is 27.9 Å². The van der Waals surface area contributed by atoms with Gasteiger partial charge in [-0.15, -0.1) is 0 Å². The molecule has 0 radical (unpaired) electrons. The molecule has 0 fully saturated rings. The van der Waals surface area contributed by atoms with Crippen molar-refractivity contribution in [3.8, 4) is 0 Å². The van der Waals surface area contributed by atoms with Gasteiger partial charge in [0.25, 0.3) is 0 Å². The molecule has 0 aromatic heterocycles. The van der Waals surface area contributed by atoms with Gasteiger partial charge in [0.1, 0.15) is 5.78 Å². The first-order chi connectivity index (χ1) is 12.5. The van der Waals surface area contributed by atoms with E-state index in [2.05, 4.69) is 5.32 Å². The maximum absolute atomic E-state index is 12.4. The van der Waals surface area contributed by atoms with Gasteiger partial charge in [0.15, 0.2) is 0 Å². The van der Waals surface area contributed by atoms with E-state index in [0.29, 0.717) is 39.6 Å². The fourth-order valence-corrected chi connectivity index (χ4v) is 4.18. The Balaban J connectivity index is 2.74. The standard InChI is InChI=1S/C19H25Cl2NO3S2/c1-5-25-18(26)27-15(6-7-16(23)19(2,3)4)11-17(24)22-14-9-12(20)8-13(21)10-14/h8-10,15H,5-7,11H2,1-4H3,(H,22,24). The van der Waals surface area contributed by atoms with Crippen LogP contribution >= 0.6 is 47.2 Å². The summed E-state index contributed by atoms with van der Waals surface area (Å²) < 4.78 is 5.70. The highest BCUT2D eigenvalue weighted by Crippen LogP contribution is 2.27. The predicted octanol–water partition coefficient (Wildman–Crippen LogP) is 6.14. The van der Waals surface area contributed by atoms with Crippen molar-refractivity contribution in [2.75, 3.05) is 11.9 Å². The van der Waals surface area contributed by atoms with Crippen molar-refractivity contribution in [1.29, 1.82) is 0 Å². The number of carbonyl (C=O) groups is 2. The molecule has 0 heterocycles. The molecule has 1 unspecified atom stereocenters. The van der Waals surface area contributed by atoms with Crippen molar-refractivity contribution in [3.63, 3.8) is 0 Å². The summed E-state index contributed by atoms with van der Waals surface area (Å²) in [6.07, 6.45) is 1.11. The number of thioether (sulfide) groups is 1. The van der Waals surface area contributed by atoms with Gasteiger partial charge in [-0.05, 0) is 43.8 Å². The zero-order chi connectivity index (χ0) is 20.6. The van der Waals surface area contributed by atoms with Gasteiger partial charge in [-0.1, -0.05) is 55.7 Å². The SMILES string of the molecule is CCOC(=S)SC(CCC(=O)C(C)(C)C)CC(=O)Nc1cc(Cl)cc(Cl)c1. The second-order valence-electron chi connectivity index (χ2n) is 7.05. The molecule has 0 saturated heterocycles. The summed E-state index contributed by atoms with van der Waals surface area (Å²) in [5, 5.41) is 3.51. The maximum atomic E-state index is 12.4. The topological polar surface area (TPSA) is 55.4 Å². The van der Waals surface area contributed by atoms with Gasteiger partial charge in [-0.3, -0.25) is 9.59 Å². The smallest absolute Gasteiger partial charge is 0.225 e. The highest BCUT2D eigenvalue weighted by atomic mass is 35.5. The van der Waals surface area contributed by atoms with Crippen molar-refractivity contribution >= 4 is 68.9 Å². The average Bonchev–Trinajstić information content (AvgIpc) is 2.50. The first-order valence-corrected chi connectivity index (χ1v) is 10.7. The van der Waals surface area contributed by atoms with E-state index in [1.54, 1.807) is 18.2 Å². The molecule has 0 saturated carbocycles. The maximum Gasteiger partial charge on any atom is 0.225 e. The van der Waals surface area contributed by atoms with E-state index in [1.807, 2.05) is 27.7 Å². The van der Waals surface area contributed by atoms with Crippen LogP contribution in [0.2, 0.25) is 10.0 Å². The van der Waals surface area contributed by atoms with Gasteiger partial charge in [-0.2, -0.15) is 0 Å². The Kier molecular flexibility index (Phi) is 10.1. The summed E-state index contributed by atoms with van der Waals surface area (Å²) in [7, 11) is 0. The van der Waals surface area contributed by atoms with Crippen LogP contribution in [0.15, 0.2) is 18.2 Å². The number of anilines is 1. The highest BCUT2D eigenvalue weighted by Gasteiger charge is 2.24. The molecule has 0 aliphatic heterocycles. The number of rotatable bonds is 8. The van der Waals surface area contributed by atoms with Crippen LogP contribution < -0.4 is 5.32 Å². The van der Waals surface area contributed by atoms with Gasteiger partial charge in [0.05, 0.1) is 6.61 Å². The van der Waals surface area contributed by atoms with Crippen LogP contribution in [0.4, 0.5) is 5.69 Å². The van der Waals surface area contributed by atoms with Gasteiger partial charge in [0.2, 0.25) is 10.3 Å². The third kappa shape index (κ3) is 9.79. The monoisotopic (exact) mass is 449 g/mol. The Morgan fingerprint density at radius 1 is 1.22 bits per heavy atom. The summed E-state index contributed by atoms with van der Waals surface area (Å²) in [5.41, 5.74) is 0.120. The van der Waals surface area contributed by atoms with Gasteiger partial charge < -0.3 is 10.1 Å². The van der Waals surface area contributed by atoms with Crippen molar-refractivity contribution < 1.29 is 14.3 Å². The number of amides is 1. The summed E-state index contributed by atoms with van der Waals surface area (Å²) in [6.45, 7) is 7.97. The molecule has 0 bridgehead atoms. The predicted molar refractivity (Wildman–Crippen MR) is 119 cm³/mol. The minimum atomic E-state index is -0.407. The molecule has 1 aromatic rings. The second-order valence-corrected chi connectivity index (χ2v) is 9.82. The molecule has 1 aromatic carbocycles. The molecule has 0 aliphatic carbocycles. The number of halogens is 2. The summed E-state index contributed by atoms with van der Waals surface area (Å²) in [6, 6.07) is 4.85. The minimum absolute atomic E-state index is 0.150. The quantitative estimate of drug-likeness (QED) is 0.482. The molecule has 1 rings (SSSR count). The number of hydrogen-bond acceptors (Lipinski definition) is 5. The average molecular weight is 450 g/mol. The van der Waals surface area contributed by atoms with Crippen molar-refractivity contribution in [2.24, 2.45) is 5.41 Å². The van der Waals surface area contributed by atoms with Crippen molar-refractivity contribution in [1.82, 2.24) is 0 Å². The minimum Gasteiger partial charge on any atom is -0.479 e. The first kappa shape index (κ1) is 24.2. The summed E-state index contributed by atoms with van der Waals surface area (Å²) in [4.78, 5) is 24.7. The van der Waals surface area contributed by atoms with Crippen molar-refractivity contribution in [3.05, 3.63) is 28.2 Å². The molecule has 1 N–H and O–H groups in total. The third-order valence-electron chi connectivity index (χ3n) is 3.61. The summed E-state index contributed by atoms with van der Waals surface area (Å²) >= 11 is 18.4. The van der Waals surface area contributed by atoms with Crippen molar-refractivity contribution in [2.45, 2.75) is 52.2 Å². The van der Waals surface area contributed by atoms with Gasteiger partial charge in [0, 0.05) is 39.2 Å². The number of benzene rings is 1. The number of ketones is 1. The van der Waals surface area contributed by atoms with E-state index in [-0.39, 0.29) is 23.4 Å². The van der Waals surface area contributed by atoms with E-state index in [0.717, 1.165) is 0 Å². The molecular formula is C19H25Cl2NO3S2. The zero-order valence-electron chi connectivity index (χ0n) is 15.9. The van der Waals surface area contributed by atoms with E-state index >= 15 is 0 Å². The Morgan fingerprint density at radius 3 is 2.33 bits per heavy atom. The fourth-order valence-electron chi connectivity index (χ4n) is 2.20. The number of Topliss-reactive ketones (excluding diaryl/α,β-unsaturated/α-hetero) is 1. The molecular weight excluding hydrogens is 425 g/mol. The molecule has 1 atom stereocenters. The fraction of sp³-hybridized carbons (Fsp3) is 0.526. The number of nitrogens with one attached hydrogen (secondary N) is 1. The Morgan fingerprint density at radius 2 is 1.81 bits per heavy atom. The molecule has 1 amide bonds. The second kappa shape index (κ2) is 11.2. The normalized spacial score (nSPS) is 12.4. The molecule has 4 nitrogen and oxygen atoms in total. The van der Waals surface area contributed by atoms with Crippen LogP contribution in [0, 0.1) is 5.41 Å². The third-order valence-corrected chi connectivity index (χ3v) is 5.50. The first-order valence-electron chi connectivity index (χ1n) is 8.64. The molecule has 0 spiro atoms. The van der Waals surface area contributed by atoms with Gasteiger partial charge in [-0.25, -0.2) is 0 Å². The number of ether oxygens (including phenoxy) is 1. The largest absolute Gasteiger partial charge is 0.479 e. The lowest BCUT2D eigenvalue weighted by atomic mass is 9.88. The lowest BCUT2D eigenvalue weighted by Gasteiger charge is -2.20. The zero-order valence-corrected chi connectivity index (χ0v) is 19.1. The lowest BCUT2D eigenvalue weighted by Crippen LogP contribution is -2.24. The van der Waals surface area contributed by atoms with Crippen LogP contribution in [0.1, 0.15) is 47.0 Å². The Labute approximate surface area is 180 Å². The molecule has 0 aliphatic rings. The number of carbonyl (C=O) groups excluding carboxylic acids is 2. The Hall–Kier alpha value is -0.820. The Bertz CT molecular complexity index is 670.